The summed E-state index contributed by atoms with van der Waals surface area (Å²) in [4.78, 5) is 15.1. The highest BCUT2D eigenvalue weighted by Gasteiger charge is 2.51. The van der Waals surface area contributed by atoms with E-state index in [9.17, 15) is 4.79 Å². The predicted molar refractivity (Wildman–Crippen MR) is 83.2 cm³/mol. The molecule has 3 aliphatic rings. The number of hydrogen-bond acceptors (Lipinski definition) is 4. The fraction of sp³-hybridized carbons (Fsp3) is 0.941. The number of esters is 1. The second-order valence-corrected chi connectivity index (χ2v) is 7.32. The zero-order chi connectivity index (χ0) is 15.0. The number of nitrogens with one attached hydrogen (secondary N) is 1. The van der Waals surface area contributed by atoms with Gasteiger partial charge >= 0.3 is 5.97 Å². The minimum atomic E-state index is -0.415. The van der Waals surface area contributed by atoms with E-state index in [1.54, 1.807) is 0 Å². The van der Waals surface area contributed by atoms with E-state index < -0.39 is 5.54 Å². The molecule has 0 aromatic rings. The monoisotopic (exact) mass is 294 g/mol. The van der Waals surface area contributed by atoms with E-state index >= 15 is 0 Å². The first-order valence-electron chi connectivity index (χ1n) is 8.73. The molecule has 120 valence electrons. The first kappa shape index (κ1) is 15.3. The van der Waals surface area contributed by atoms with Gasteiger partial charge in [-0.3, -0.25) is 15.0 Å². The first-order chi connectivity index (χ1) is 10.1. The smallest absolute Gasteiger partial charge is 0.326 e. The summed E-state index contributed by atoms with van der Waals surface area (Å²) < 4.78 is 5.14. The molecule has 0 spiro atoms. The van der Waals surface area contributed by atoms with Crippen LogP contribution in [-0.4, -0.2) is 47.7 Å². The van der Waals surface area contributed by atoms with Gasteiger partial charge in [-0.2, -0.15) is 0 Å². The summed E-state index contributed by atoms with van der Waals surface area (Å²) in [5.41, 5.74) is -0.415. The molecule has 2 saturated carbocycles. The summed E-state index contributed by atoms with van der Waals surface area (Å²) in [5.74, 6) is -0.0446. The van der Waals surface area contributed by atoms with Gasteiger partial charge in [0, 0.05) is 24.2 Å². The van der Waals surface area contributed by atoms with Gasteiger partial charge in [0.1, 0.15) is 5.54 Å². The molecule has 1 N–H and O–H groups in total. The average molecular weight is 294 g/mol. The Morgan fingerprint density at radius 2 is 2.05 bits per heavy atom. The fourth-order valence-electron chi connectivity index (χ4n) is 4.63. The number of carbonyl (C=O) groups is 1. The minimum Gasteiger partial charge on any atom is -0.468 e. The van der Waals surface area contributed by atoms with Crippen LogP contribution in [0.4, 0.5) is 0 Å². The highest BCUT2D eigenvalue weighted by Crippen LogP contribution is 2.41. The molecule has 3 rings (SSSR count). The lowest BCUT2D eigenvalue weighted by Crippen LogP contribution is -2.53. The Balaban J connectivity index is 1.73. The number of nitrogens with zero attached hydrogens (tertiary/aromatic N) is 1. The second-order valence-electron chi connectivity index (χ2n) is 7.32. The minimum absolute atomic E-state index is 0.0446. The summed E-state index contributed by atoms with van der Waals surface area (Å²) in [7, 11) is 1.53. The van der Waals surface area contributed by atoms with Gasteiger partial charge in [-0.25, -0.2) is 0 Å². The Morgan fingerprint density at radius 3 is 2.67 bits per heavy atom. The van der Waals surface area contributed by atoms with Gasteiger partial charge in [0.05, 0.1) is 7.11 Å². The van der Waals surface area contributed by atoms with E-state index in [-0.39, 0.29) is 5.97 Å². The molecule has 1 aliphatic heterocycles. The van der Waals surface area contributed by atoms with Crippen molar-refractivity contribution in [2.75, 3.05) is 7.11 Å². The van der Waals surface area contributed by atoms with Crippen molar-refractivity contribution in [3.63, 3.8) is 0 Å². The molecule has 1 saturated heterocycles. The van der Waals surface area contributed by atoms with E-state index in [1.807, 2.05) is 0 Å². The van der Waals surface area contributed by atoms with Crippen molar-refractivity contribution >= 4 is 5.97 Å². The molecular weight excluding hydrogens is 264 g/mol. The van der Waals surface area contributed by atoms with Crippen LogP contribution in [0.15, 0.2) is 0 Å². The van der Waals surface area contributed by atoms with E-state index in [0.717, 1.165) is 19.3 Å². The van der Waals surface area contributed by atoms with Crippen molar-refractivity contribution in [1.82, 2.24) is 10.2 Å². The summed E-state index contributed by atoms with van der Waals surface area (Å²) in [6.07, 6.45) is 9.24. The van der Waals surface area contributed by atoms with Crippen LogP contribution in [0.25, 0.3) is 0 Å². The molecule has 2 aliphatic carbocycles. The largest absolute Gasteiger partial charge is 0.468 e. The molecule has 3 fully saturated rings. The average Bonchev–Trinajstić information content (AvgIpc) is 3.06. The van der Waals surface area contributed by atoms with E-state index in [0.29, 0.717) is 24.2 Å². The third kappa shape index (κ3) is 2.85. The fourth-order valence-corrected chi connectivity index (χ4v) is 4.63. The molecule has 0 radical (unpaired) electrons. The number of hydrogen-bond donors (Lipinski definition) is 1. The van der Waals surface area contributed by atoms with Crippen molar-refractivity contribution in [2.45, 2.75) is 94.9 Å². The maximum absolute atomic E-state index is 12.4. The second kappa shape index (κ2) is 5.88. The molecule has 4 nitrogen and oxygen atoms in total. The van der Waals surface area contributed by atoms with Gasteiger partial charge in [-0.15, -0.1) is 0 Å². The number of methoxy groups -OCH3 is 1. The molecule has 4 atom stereocenters. The lowest BCUT2D eigenvalue weighted by Gasteiger charge is -2.35. The summed E-state index contributed by atoms with van der Waals surface area (Å²) in [6, 6.07) is 2.45. The lowest BCUT2D eigenvalue weighted by molar-refractivity contribution is -0.148. The van der Waals surface area contributed by atoms with Crippen LogP contribution < -0.4 is 5.32 Å². The molecule has 4 unspecified atom stereocenters. The van der Waals surface area contributed by atoms with Crippen LogP contribution in [-0.2, 0) is 9.53 Å². The van der Waals surface area contributed by atoms with Crippen molar-refractivity contribution in [2.24, 2.45) is 0 Å². The molecule has 0 bridgehead atoms. The molecule has 21 heavy (non-hydrogen) atoms. The molecule has 0 aromatic heterocycles. The van der Waals surface area contributed by atoms with Crippen LogP contribution in [0.3, 0.4) is 0 Å². The van der Waals surface area contributed by atoms with Gasteiger partial charge in [0.2, 0.25) is 0 Å². The predicted octanol–water partition coefficient (Wildman–Crippen LogP) is 2.47. The Labute approximate surface area is 128 Å². The van der Waals surface area contributed by atoms with Crippen LogP contribution in [0.1, 0.15) is 65.2 Å². The van der Waals surface area contributed by atoms with Crippen LogP contribution in [0, 0.1) is 0 Å². The van der Waals surface area contributed by atoms with Crippen molar-refractivity contribution < 1.29 is 9.53 Å². The van der Waals surface area contributed by atoms with E-state index in [2.05, 4.69) is 24.1 Å². The Bertz CT molecular complexity index is 396. The Morgan fingerprint density at radius 1 is 1.29 bits per heavy atom. The normalized spacial score (nSPS) is 40.6. The number of ether oxygens (including phenoxy) is 1. The van der Waals surface area contributed by atoms with Crippen molar-refractivity contribution in [3.05, 3.63) is 0 Å². The molecule has 0 aromatic carbocycles. The van der Waals surface area contributed by atoms with Crippen LogP contribution in [0.2, 0.25) is 0 Å². The first-order valence-corrected chi connectivity index (χ1v) is 8.73. The van der Waals surface area contributed by atoms with Crippen molar-refractivity contribution in [3.8, 4) is 0 Å². The molecule has 4 heteroatoms. The summed E-state index contributed by atoms with van der Waals surface area (Å²) in [5, 5.41) is 3.62. The standard InChI is InChI=1S/C17H30N2O2/c1-4-14-8-5-12(2)19(14)15-9-10-17(11-15,16(20)21-3)18-13-6-7-13/h12-15,18H,4-11H2,1-3H3. The zero-order valence-electron chi connectivity index (χ0n) is 13.7. The Hall–Kier alpha value is -0.610. The van der Waals surface area contributed by atoms with Gasteiger partial charge < -0.3 is 4.74 Å². The van der Waals surface area contributed by atoms with Gasteiger partial charge in [0.25, 0.3) is 0 Å². The van der Waals surface area contributed by atoms with Gasteiger partial charge in [-0.1, -0.05) is 6.92 Å². The molecular formula is C17H30N2O2. The summed E-state index contributed by atoms with van der Waals surface area (Å²) >= 11 is 0. The number of carbonyl (C=O) groups excluding carboxylic acids is 1. The number of rotatable bonds is 5. The maximum Gasteiger partial charge on any atom is 0.326 e. The summed E-state index contributed by atoms with van der Waals surface area (Å²) in [6.45, 7) is 4.64. The highest BCUT2D eigenvalue weighted by atomic mass is 16.5. The quantitative estimate of drug-likeness (QED) is 0.791. The Kier molecular flexibility index (Phi) is 4.28. The van der Waals surface area contributed by atoms with Crippen LogP contribution in [0.5, 0.6) is 0 Å². The van der Waals surface area contributed by atoms with E-state index in [1.165, 1.54) is 39.2 Å². The number of likely N-dealkylation sites (tertiary alicyclic amines) is 1. The van der Waals surface area contributed by atoms with Gasteiger partial charge in [0.15, 0.2) is 0 Å². The van der Waals surface area contributed by atoms with Gasteiger partial charge in [-0.05, 0) is 58.3 Å². The molecule has 0 amide bonds. The third-order valence-corrected chi connectivity index (χ3v) is 5.86. The van der Waals surface area contributed by atoms with E-state index in [4.69, 9.17) is 4.74 Å². The third-order valence-electron chi connectivity index (χ3n) is 5.86. The lowest BCUT2D eigenvalue weighted by atomic mass is 9.96. The highest BCUT2D eigenvalue weighted by molar-refractivity contribution is 5.81. The SMILES string of the molecule is CCC1CCC(C)N1C1CCC(NC2CC2)(C(=O)OC)C1. The van der Waals surface area contributed by atoms with Crippen LogP contribution >= 0.6 is 0 Å². The maximum atomic E-state index is 12.4. The topological polar surface area (TPSA) is 41.6 Å². The van der Waals surface area contributed by atoms with Crippen molar-refractivity contribution in [1.29, 1.82) is 0 Å². The zero-order valence-corrected chi connectivity index (χ0v) is 13.7. The molecule has 1 heterocycles.